The Hall–Kier alpha value is -1.69. The number of amides is 1. The van der Waals surface area contributed by atoms with E-state index in [0.29, 0.717) is 18.5 Å². The summed E-state index contributed by atoms with van der Waals surface area (Å²) in [6.45, 7) is 12.7. The van der Waals surface area contributed by atoms with Crippen molar-refractivity contribution in [1.29, 1.82) is 0 Å². The van der Waals surface area contributed by atoms with Gasteiger partial charge in [0.15, 0.2) is 0 Å². The lowest BCUT2D eigenvalue weighted by Crippen LogP contribution is -2.51. The molecule has 1 aromatic rings. The fourth-order valence-electron chi connectivity index (χ4n) is 4.01. The molecule has 1 saturated carbocycles. The monoisotopic (exact) mass is 373 g/mol. The Kier molecular flexibility index (Phi) is 6.68. The maximum absolute atomic E-state index is 12.4. The Labute approximate surface area is 163 Å². The van der Waals surface area contributed by atoms with E-state index in [9.17, 15) is 4.79 Å². The van der Waals surface area contributed by atoms with Crippen LogP contribution in [0.4, 0.5) is 5.82 Å². The van der Waals surface area contributed by atoms with Crippen molar-refractivity contribution in [3.8, 4) is 0 Å². The van der Waals surface area contributed by atoms with E-state index in [1.54, 1.807) is 0 Å². The van der Waals surface area contributed by atoms with Gasteiger partial charge in [-0.1, -0.05) is 20.8 Å². The Bertz CT molecular complexity index is 631. The second-order valence-corrected chi connectivity index (χ2v) is 8.67. The molecular formula is C21H35N5O. The van der Waals surface area contributed by atoms with Crippen LogP contribution in [0, 0.1) is 12.8 Å². The molecule has 6 nitrogen and oxygen atoms in total. The van der Waals surface area contributed by atoms with Crippen molar-refractivity contribution in [1.82, 2.24) is 20.2 Å². The van der Waals surface area contributed by atoms with Crippen molar-refractivity contribution in [3.63, 3.8) is 0 Å². The molecule has 2 aliphatic rings. The Morgan fingerprint density at radius 2 is 1.81 bits per heavy atom. The van der Waals surface area contributed by atoms with E-state index in [2.05, 4.69) is 46.9 Å². The van der Waals surface area contributed by atoms with Crippen LogP contribution in [0.1, 0.15) is 63.9 Å². The van der Waals surface area contributed by atoms with Gasteiger partial charge in [-0.2, -0.15) is 0 Å². The van der Waals surface area contributed by atoms with Crippen molar-refractivity contribution in [2.75, 3.05) is 37.6 Å². The topological polar surface area (TPSA) is 61.4 Å². The third-order valence-corrected chi connectivity index (χ3v) is 5.82. The zero-order chi connectivity index (χ0) is 19.4. The summed E-state index contributed by atoms with van der Waals surface area (Å²) >= 11 is 0. The van der Waals surface area contributed by atoms with Crippen LogP contribution in [0.5, 0.6) is 0 Å². The molecule has 1 aliphatic carbocycles. The van der Waals surface area contributed by atoms with Gasteiger partial charge in [0.1, 0.15) is 11.6 Å². The molecule has 27 heavy (non-hydrogen) atoms. The molecule has 0 radical (unpaired) electrons. The van der Waals surface area contributed by atoms with Crippen molar-refractivity contribution in [2.45, 2.75) is 65.3 Å². The van der Waals surface area contributed by atoms with Crippen LogP contribution < -0.4 is 10.2 Å². The number of hydrogen-bond acceptors (Lipinski definition) is 5. The lowest BCUT2D eigenvalue weighted by molar-refractivity contribution is -0.123. The fraction of sp³-hybridized carbons (Fsp3) is 0.762. The normalized spacial score (nSPS) is 24.3. The minimum atomic E-state index is 0.183. The maximum atomic E-state index is 12.4. The second kappa shape index (κ2) is 9.00. The summed E-state index contributed by atoms with van der Waals surface area (Å²) in [7, 11) is 0. The number of anilines is 1. The average molecular weight is 374 g/mol. The molecule has 0 spiro atoms. The van der Waals surface area contributed by atoms with Crippen LogP contribution in [0.25, 0.3) is 0 Å². The lowest BCUT2D eigenvalue weighted by atomic mass is 9.87. The van der Waals surface area contributed by atoms with E-state index in [1.807, 2.05) is 6.92 Å². The van der Waals surface area contributed by atoms with Crippen molar-refractivity contribution in [3.05, 3.63) is 17.6 Å². The summed E-state index contributed by atoms with van der Waals surface area (Å²) < 4.78 is 0. The molecule has 1 amide bonds. The number of piperazine rings is 1. The standard InChI is InChI=1S/C21H35N5O/c1-15(2)21-22-17(4)13-19(24-21)26-11-9-25(10-12-26)14-20(27)23-18-7-5-16(3)6-8-18/h13,15-16,18H,5-12,14H2,1-4H3,(H,23,27). The Morgan fingerprint density at radius 3 is 2.44 bits per heavy atom. The third kappa shape index (κ3) is 5.64. The van der Waals surface area contributed by atoms with E-state index in [4.69, 9.17) is 4.98 Å². The van der Waals surface area contributed by atoms with Crippen LogP contribution in [-0.4, -0.2) is 59.5 Å². The zero-order valence-corrected chi connectivity index (χ0v) is 17.4. The first-order valence-corrected chi connectivity index (χ1v) is 10.5. The molecule has 6 heteroatoms. The summed E-state index contributed by atoms with van der Waals surface area (Å²) in [5.74, 6) is 3.26. The van der Waals surface area contributed by atoms with Gasteiger partial charge in [-0.25, -0.2) is 9.97 Å². The molecule has 3 rings (SSSR count). The van der Waals surface area contributed by atoms with Crippen LogP contribution in [0.3, 0.4) is 0 Å². The summed E-state index contributed by atoms with van der Waals surface area (Å²) in [5.41, 5.74) is 1.02. The van der Waals surface area contributed by atoms with Gasteiger partial charge in [-0.05, 0) is 38.5 Å². The first-order valence-electron chi connectivity index (χ1n) is 10.5. The quantitative estimate of drug-likeness (QED) is 0.860. The summed E-state index contributed by atoms with van der Waals surface area (Å²) in [4.78, 5) is 26.3. The molecule has 1 aromatic heterocycles. The summed E-state index contributed by atoms with van der Waals surface area (Å²) in [5, 5.41) is 3.24. The molecule has 1 N–H and O–H groups in total. The predicted molar refractivity (Wildman–Crippen MR) is 109 cm³/mol. The molecule has 2 fully saturated rings. The van der Waals surface area contributed by atoms with Crippen molar-refractivity contribution >= 4 is 11.7 Å². The Morgan fingerprint density at radius 1 is 1.15 bits per heavy atom. The van der Waals surface area contributed by atoms with Crippen LogP contribution in [-0.2, 0) is 4.79 Å². The molecule has 1 aliphatic heterocycles. The van der Waals surface area contributed by atoms with Crippen LogP contribution in [0.2, 0.25) is 0 Å². The second-order valence-electron chi connectivity index (χ2n) is 8.67. The highest BCUT2D eigenvalue weighted by molar-refractivity contribution is 5.78. The first kappa shape index (κ1) is 20.1. The number of aromatic nitrogens is 2. The maximum Gasteiger partial charge on any atom is 0.234 e. The van der Waals surface area contributed by atoms with Gasteiger partial charge in [0, 0.05) is 49.9 Å². The molecule has 1 saturated heterocycles. The molecule has 2 heterocycles. The van der Waals surface area contributed by atoms with E-state index >= 15 is 0 Å². The molecule has 0 atom stereocenters. The number of nitrogens with one attached hydrogen (secondary N) is 1. The minimum Gasteiger partial charge on any atom is -0.354 e. The minimum absolute atomic E-state index is 0.183. The number of carbonyl (C=O) groups is 1. The third-order valence-electron chi connectivity index (χ3n) is 5.82. The van der Waals surface area contributed by atoms with Crippen LogP contribution in [0.15, 0.2) is 6.07 Å². The predicted octanol–water partition coefficient (Wildman–Crippen LogP) is 2.73. The molecule has 0 unspecified atom stereocenters. The highest BCUT2D eigenvalue weighted by Gasteiger charge is 2.23. The van der Waals surface area contributed by atoms with Crippen molar-refractivity contribution < 1.29 is 4.79 Å². The van der Waals surface area contributed by atoms with Crippen LogP contribution >= 0.6 is 0 Å². The molecular weight excluding hydrogens is 338 g/mol. The Balaban J connectivity index is 1.47. The fourth-order valence-corrected chi connectivity index (χ4v) is 4.01. The van der Waals surface area contributed by atoms with E-state index in [1.165, 1.54) is 12.8 Å². The molecule has 0 aromatic carbocycles. The number of aryl methyl sites for hydroxylation is 1. The SMILES string of the molecule is Cc1cc(N2CCN(CC(=O)NC3CCC(C)CC3)CC2)nc(C(C)C)n1. The smallest absolute Gasteiger partial charge is 0.234 e. The van der Waals surface area contributed by atoms with Gasteiger partial charge in [-0.3, -0.25) is 9.69 Å². The van der Waals surface area contributed by atoms with E-state index in [-0.39, 0.29) is 5.91 Å². The number of rotatable bonds is 5. The van der Waals surface area contributed by atoms with Gasteiger partial charge in [0.25, 0.3) is 0 Å². The number of hydrogen-bond donors (Lipinski definition) is 1. The lowest BCUT2D eigenvalue weighted by Gasteiger charge is -2.35. The highest BCUT2D eigenvalue weighted by Crippen LogP contribution is 2.23. The summed E-state index contributed by atoms with van der Waals surface area (Å²) in [6.07, 6.45) is 4.73. The van der Waals surface area contributed by atoms with Gasteiger partial charge in [0.05, 0.1) is 6.54 Å². The molecule has 0 bridgehead atoms. The van der Waals surface area contributed by atoms with E-state index < -0.39 is 0 Å². The van der Waals surface area contributed by atoms with Gasteiger partial charge in [0.2, 0.25) is 5.91 Å². The highest BCUT2D eigenvalue weighted by atomic mass is 16.2. The van der Waals surface area contributed by atoms with E-state index in [0.717, 1.165) is 62.3 Å². The number of nitrogens with zero attached hydrogens (tertiary/aromatic N) is 4. The van der Waals surface area contributed by atoms with Crippen molar-refractivity contribution in [2.24, 2.45) is 5.92 Å². The first-order chi connectivity index (χ1) is 12.9. The molecule has 150 valence electrons. The summed E-state index contributed by atoms with van der Waals surface area (Å²) in [6, 6.07) is 2.45. The number of carbonyl (C=O) groups excluding carboxylic acids is 1. The average Bonchev–Trinajstić information content (AvgIpc) is 2.63. The van der Waals surface area contributed by atoms with Gasteiger partial charge >= 0.3 is 0 Å². The van der Waals surface area contributed by atoms with Gasteiger partial charge in [-0.15, -0.1) is 0 Å². The zero-order valence-electron chi connectivity index (χ0n) is 17.4. The largest absolute Gasteiger partial charge is 0.354 e. The van der Waals surface area contributed by atoms with Gasteiger partial charge < -0.3 is 10.2 Å².